The maximum Gasteiger partial charge on any atom is 0.229 e. The molecular weight excluding hydrogens is 228 g/mol. The average molecular weight is 246 g/mol. The van der Waals surface area contributed by atoms with Crippen molar-refractivity contribution in [2.24, 2.45) is 11.7 Å². The number of rotatable bonds is 5. The van der Waals surface area contributed by atoms with E-state index in [2.05, 4.69) is 11.6 Å². The summed E-state index contributed by atoms with van der Waals surface area (Å²) < 4.78 is 0.269. The van der Waals surface area contributed by atoms with E-state index >= 15 is 0 Å². The first kappa shape index (κ1) is 12.8. The number of carbonyl (C=O) groups is 1. The van der Waals surface area contributed by atoms with E-state index < -0.39 is 0 Å². The van der Waals surface area contributed by atoms with E-state index in [9.17, 15) is 4.79 Å². The smallest absolute Gasteiger partial charge is 0.229 e. The van der Waals surface area contributed by atoms with Crippen LogP contribution in [-0.4, -0.2) is 28.4 Å². The van der Waals surface area contributed by atoms with Gasteiger partial charge in [0.05, 0.1) is 10.9 Å². The maximum atomic E-state index is 11.6. The Balaban J connectivity index is 2.36. The Kier molecular flexibility index (Phi) is 4.40. The number of hydrogen-bond donors (Lipinski definition) is 2. The monoisotopic (exact) mass is 246 g/mol. The third-order valence-corrected chi connectivity index (χ3v) is 4.87. The largest absolute Gasteiger partial charge is 0.393 e. The molecule has 5 heteroatoms. The predicted octanol–water partition coefficient (Wildman–Crippen LogP) is 1.31. The third-order valence-electron chi connectivity index (χ3n) is 3.10. The van der Waals surface area contributed by atoms with Gasteiger partial charge in [-0.15, -0.1) is 0 Å². The van der Waals surface area contributed by atoms with E-state index in [1.54, 1.807) is 6.92 Å². The summed E-state index contributed by atoms with van der Waals surface area (Å²) in [5, 5.41) is 2.93. The molecule has 1 aliphatic carbocycles. The van der Waals surface area contributed by atoms with E-state index in [1.807, 2.05) is 11.8 Å². The van der Waals surface area contributed by atoms with Gasteiger partial charge < -0.3 is 11.1 Å². The molecule has 1 rings (SSSR count). The summed E-state index contributed by atoms with van der Waals surface area (Å²) in [4.78, 5) is 11.9. The van der Waals surface area contributed by atoms with Gasteiger partial charge in [0.15, 0.2) is 0 Å². The van der Waals surface area contributed by atoms with Crippen molar-refractivity contribution in [3.8, 4) is 0 Å². The van der Waals surface area contributed by atoms with Gasteiger partial charge in [-0.1, -0.05) is 18.6 Å². The lowest BCUT2D eigenvalue weighted by Gasteiger charge is -2.40. The first-order chi connectivity index (χ1) is 7.01. The molecule has 1 atom stereocenters. The quantitative estimate of drug-likeness (QED) is 0.718. The van der Waals surface area contributed by atoms with Crippen LogP contribution in [0.2, 0.25) is 0 Å². The van der Waals surface area contributed by atoms with Crippen LogP contribution < -0.4 is 11.1 Å². The van der Waals surface area contributed by atoms with Crippen molar-refractivity contribution in [3.63, 3.8) is 0 Å². The van der Waals surface area contributed by atoms with E-state index in [0.29, 0.717) is 0 Å². The summed E-state index contributed by atoms with van der Waals surface area (Å²) in [6, 6.07) is 0. The Morgan fingerprint density at radius 3 is 2.60 bits per heavy atom. The minimum Gasteiger partial charge on any atom is -0.393 e. The highest BCUT2D eigenvalue weighted by Gasteiger charge is 2.36. The molecule has 0 spiro atoms. The second kappa shape index (κ2) is 5.16. The number of hydrogen-bond acceptors (Lipinski definition) is 3. The standard InChI is InChI=1S/C10H18N2OS2/c1-7(8(11)14)9(13)12-6-10(15-2)4-3-5-10/h7H,3-6H2,1-2H3,(H2,11,14)(H,12,13). The van der Waals surface area contributed by atoms with Crippen LogP contribution in [0.5, 0.6) is 0 Å². The number of nitrogens with one attached hydrogen (secondary N) is 1. The maximum absolute atomic E-state index is 11.6. The molecule has 0 aromatic carbocycles. The summed E-state index contributed by atoms with van der Waals surface area (Å²) in [7, 11) is 0. The van der Waals surface area contributed by atoms with Crippen molar-refractivity contribution < 1.29 is 4.79 Å². The first-order valence-electron chi connectivity index (χ1n) is 5.13. The highest BCUT2D eigenvalue weighted by Crippen LogP contribution is 2.42. The van der Waals surface area contributed by atoms with Crippen LogP contribution in [0.1, 0.15) is 26.2 Å². The fourth-order valence-corrected chi connectivity index (χ4v) is 2.58. The molecule has 3 nitrogen and oxygen atoms in total. The second-order valence-electron chi connectivity index (χ2n) is 4.08. The van der Waals surface area contributed by atoms with Crippen LogP contribution in [0.25, 0.3) is 0 Å². The molecule has 3 N–H and O–H groups in total. The SMILES string of the molecule is CSC1(CNC(=O)C(C)C(N)=S)CCC1. The zero-order valence-electron chi connectivity index (χ0n) is 9.21. The molecule has 1 fully saturated rings. The van der Waals surface area contributed by atoms with Gasteiger partial charge in [-0.2, -0.15) is 11.8 Å². The van der Waals surface area contributed by atoms with Crippen molar-refractivity contribution in [1.82, 2.24) is 5.32 Å². The van der Waals surface area contributed by atoms with Crippen molar-refractivity contribution in [2.45, 2.75) is 30.9 Å². The number of amides is 1. The van der Waals surface area contributed by atoms with E-state index in [0.717, 1.165) is 6.54 Å². The summed E-state index contributed by atoms with van der Waals surface area (Å²) in [5.41, 5.74) is 5.42. The molecule has 0 aromatic rings. The molecular formula is C10H18N2OS2. The lowest BCUT2D eigenvalue weighted by Crippen LogP contribution is -2.47. The predicted molar refractivity (Wildman–Crippen MR) is 69.1 cm³/mol. The summed E-state index contributed by atoms with van der Waals surface area (Å²) in [6.45, 7) is 2.48. The van der Waals surface area contributed by atoms with Crippen molar-refractivity contribution in [2.75, 3.05) is 12.8 Å². The van der Waals surface area contributed by atoms with Crippen molar-refractivity contribution in [1.29, 1.82) is 0 Å². The van der Waals surface area contributed by atoms with Gasteiger partial charge in [0.1, 0.15) is 0 Å². The number of nitrogens with two attached hydrogens (primary N) is 1. The fraction of sp³-hybridized carbons (Fsp3) is 0.800. The number of thiocarbonyl (C=S) groups is 1. The molecule has 1 unspecified atom stereocenters. The zero-order chi connectivity index (χ0) is 11.5. The van der Waals surface area contributed by atoms with Crippen LogP contribution in [0.3, 0.4) is 0 Å². The molecule has 1 amide bonds. The van der Waals surface area contributed by atoms with Gasteiger partial charge in [-0.25, -0.2) is 0 Å². The number of thioether (sulfide) groups is 1. The summed E-state index contributed by atoms with van der Waals surface area (Å²) in [6.07, 6.45) is 5.75. The Morgan fingerprint density at radius 1 is 1.67 bits per heavy atom. The van der Waals surface area contributed by atoms with Crippen LogP contribution in [0.4, 0.5) is 0 Å². The van der Waals surface area contributed by atoms with Gasteiger partial charge in [0, 0.05) is 11.3 Å². The highest BCUT2D eigenvalue weighted by atomic mass is 32.2. The minimum absolute atomic E-state index is 0.0529. The summed E-state index contributed by atoms with van der Waals surface area (Å²) >= 11 is 6.63. The molecule has 0 saturated heterocycles. The lowest BCUT2D eigenvalue weighted by atomic mass is 9.84. The van der Waals surface area contributed by atoms with E-state index in [-0.39, 0.29) is 21.6 Å². The van der Waals surface area contributed by atoms with Crippen molar-refractivity contribution in [3.05, 3.63) is 0 Å². The van der Waals surface area contributed by atoms with Crippen molar-refractivity contribution >= 4 is 34.9 Å². The van der Waals surface area contributed by atoms with Crippen LogP contribution in [0, 0.1) is 5.92 Å². The molecule has 1 saturated carbocycles. The first-order valence-corrected chi connectivity index (χ1v) is 6.76. The Bertz CT molecular complexity index is 259. The Labute approximate surface area is 101 Å². The van der Waals surface area contributed by atoms with E-state index in [1.165, 1.54) is 19.3 Å². The van der Waals surface area contributed by atoms with Crippen LogP contribution >= 0.6 is 24.0 Å². The molecule has 0 heterocycles. The Morgan fingerprint density at radius 2 is 2.27 bits per heavy atom. The van der Waals surface area contributed by atoms with Gasteiger partial charge in [0.25, 0.3) is 0 Å². The molecule has 15 heavy (non-hydrogen) atoms. The normalized spacial score (nSPS) is 20.1. The van der Waals surface area contributed by atoms with Crippen LogP contribution in [0.15, 0.2) is 0 Å². The molecule has 86 valence electrons. The second-order valence-corrected chi connectivity index (χ2v) is 5.83. The van der Waals surface area contributed by atoms with Gasteiger partial charge in [0.2, 0.25) is 5.91 Å². The molecule has 1 aliphatic rings. The molecule has 0 bridgehead atoms. The van der Waals surface area contributed by atoms with Gasteiger partial charge in [-0.05, 0) is 26.0 Å². The average Bonchev–Trinajstić information content (AvgIpc) is 2.15. The topological polar surface area (TPSA) is 55.1 Å². The van der Waals surface area contributed by atoms with E-state index in [4.69, 9.17) is 18.0 Å². The molecule has 0 aromatic heterocycles. The summed E-state index contributed by atoms with van der Waals surface area (Å²) in [5.74, 6) is -0.415. The van der Waals surface area contributed by atoms with Gasteiger partial charge >= 0.3 is 0 Å². The number of carbonyl (C=O) groups excluding carboxylic acids is 1. The lowest BCUT2D eigenvalue weighted by molar-refractivity contribution is -0.122. The molecule has 0 radical (unpaired) electrons. The minimum atomic E-state index is -0.362. The Hall–Kier alpha value is -0.290. The zero-order valence-corrected chi connectivity index (χ0v) is 10.8. The van der Waals surface area contributed by atoms with Gasteiger partial charge in [-0.3, -0.25) is 4.79 Å². The fourth-order valence-electron chi connectivity index (χ4n) is 1.55. The highest BCUT2D eigenvalue weighted by molar-refractivity contribution is 8.00. The third kappa shape index (κ3) is 3.08. The van der Waals surface area contributed by atoms with Crippen LogP contribution in [-0.2, 0) is 4.79 Å². The molecule has 0 aliphatic heterocycles.